The number of nitrogens with zero attached hydrogens (tertiary/aromatic N) is 1. The molecule has 1 rings (SSSR count). The summed E-state index contributed by atoms with van der Waals surface area (Å²) in [5.41, 5.74) is 0. The molecule has 0 saturated carbocycles. The van der Waals surface area contributed by atoms with Gasteiger partial charge in [-0.3, -0.25) is 0 Å². The first-order valence-electron chi connectivity index (χ1n) is 4.25. The van der Waals surface area contributed by atoms with Gasteiger partial charge in [-0.15, -0.1) is 0 Å². The van der Waals surface area contributed by atoms with Gasteiger partial charge in [-0.2, -0.15) is 0 Å². The van der Waals surface area contributed by atoms with Crippen molar-refractivity contribution in [3.63, 3.8) is 0 Å². The van der Waals surface area contributed by atoms with Crippen LogP contribution in [0.3, 0.4) is 0 Å². The summed E-state index contributed by atoms with van der Waals surface area (Å²) < 4.78 is 22.0. The zero-order chi connectivity index (χ0) is 9.03. The molecule has 0 aliphatic carbocycles. The van der Waals surface area contributed by atoms with Crippen LogP contribution in [0.15, 0.2) is 12.3 Å². The molecule has 0 unspecified atom stereocenters. The van der Waals surface area contributed by atoms with Gasteiger partial charge < -0.3 is 4.90 Å². The molecule has 1 aliphatic heterocycles. The van der Waals surface area contributed by atoms with Gasteiger partial charge in [0.25, 0.3) is 0 Å². The van der Waals surface area contributed by atoms with Crippen molar-refractivity contribution >= 4 is 9.84 Å². The predicted molar refractivity (Wildman–Crippen MR) is 49.7 cm³/mol. The van der Waals surface area contributed by atoms with E-state index in [0.29, 0.717) is 24.6 Å². The molecule has 0 N–H and O–H groups in total. The molecule has 0 amide bonds. The van der Waals surface area contributed by atoms with Crippen molar-refractivity contribution < 1.29 is 8.42 Å². The third-order valence-corrected chi connectivity index (χ3v) is 3.54. The molecule has 1 fully saturated rings. The van der Waals surface area contributed by atoms with Crippen LogP contribution in [0.1, 0.15) is 13.3 Å². The summed E-state index contributed by atoms with van der Waals surface area (Å²) in [6, 6.07) is 0. The number of hydrogen-bond donors (Lipinski definition) is 0. The van der Waals surface area contributed by atoms with Gasteiger partial charge in [0.05, 0.1) is 11.5 Å². The van der Waals surface area contributed by atoms with Gasteiger partial charge in [0.15, 0.2) is 9.84 Å². The van der Waals surface area contributed by atoms with E-state index >= 15 is 0 Å². The van der Waals surface area contributed by atoms with Gasteiger partial charge in [-0.1, -0.05) is 13.0 Å². The lowest BCUT2D eigenvalue weighted by Gasteiger charge is -2.24. The van der Waals surface area contributed by atoms with Crippen LogP contribution in [0.2, 0.25) is 0 Å². The fourth-order valence-corrected chi connectivity index (χ4v) is 2.36. The maximum absolute atomic E-state index is 11.0. The molecular formula is C8H15NO2S. The van der Waals surface area contributed by atoms with Crippen molar-refractivity contribution in [3.8, 4) is 0 Å². The number of sulfone groups is 1. The molecular weight excluding hydrogens is 174 g/mol. The van der Waals surface area contributed by atoms with Crippen molar-refractivity contribution in [2.24, 2.45) is 0 Å². The largest absolute Gasteiger partial charge is 0.376 e. The van der Waals surface area contributed by atoms with Crippen LogP contribution in [0.5, 0.6) is 0 Å². The van der Waals surface area contributed by atoms with Gasteiger partial charge >= 0.3 is 0 Å². The van der Waals surface area contributed by atoms with Gasteiger partial charge in [-0.05, 0) is 12.6 Å². The molecule has 0 spiro atoms. The van der Waals surface area contributed by atoms with Crippen LogP contribution in [0.25, 0.3) is 0 Å². The van der Waals surface area contributed by atoms with Crippen LogP contribution in [0.4, 0.5) is 0 Å². The van der Waals surface area contributed by atoms with Crippen molar-refractivity contribution in [2.75, 3.05) is 24.6 Å². The summed E-state index contributed by atoms with van der Waals surface area (Å²) in [4.78, 5) is 2.06. The molecule has 0 radical (unpaired) electrons. The summed E-state index contributed by atoms with van der Waals surface area (Å²) >= 11 is 0. The monoisotopic (exact) mass is 189 g/mol. The Hall–Kier alpha value is -0.510. The van der Waals surface area contributed by atoms with Crippen LogP contribution >= 0.6 is 0 Å². The first-order chi connectivity index (χ1) is 5.64. The van der Waals surface area contributed by atoms with Crippen molar-refractivity contribution in [1.82, 2.24) is 4.90 Å². The molecule has 12 heavy (non-hydrogen) atoms. The molecule has 3 nitrogen and oxygen atoms in total. The third-order valence-electron chi connectivity index (χ3n) is 1.93. The molecule has 1 heterocycles. The van der Waals surface area contributed by atoms with Crippen LogP contribution in [-0.4, -0.2) is 37.9 Å². The first kappa shape index (κ1) is 9.58. The average Bonchev–Trinajstić information content (AvgIpc) is 2.03. The van der Waals surface area contributed by atoms with Crippen molar-refractivity contribution in [3.05, 3.63) is 12.3 Å². The SMILES string of the molecule is CCC=CN1CCS(=O)(=O)CC1. The van der Waals surface area contributed by atoms with Crippen molar-refractivity contribution in [1.29, 1.82) is 0 Å². The van der Waals surface area contributed by atoms with E-state index in [9.17, 15) is 8.42 Å². The Labute approximate surface area is 74.0 Å². The molecule has 4 heteroatoms. The van der Waals surface area contributed by atoms with Crippen LogP contribution < -0.4 is 0 Å². The number of rotatable bonds is 2. The summed E-state index contributed by atoms with van der Waals surface area (Å²) in [5, 5.41) is 0. The van der Waals surface area contributed by atoms with Crippen LogP contribution in [0, 0.1) is 0 Å². The Morgan fingerprint density at radius 1 is 1.33 bits per heavy atom. The Balaban J connectivity index is 2.41. The lowest BCUT2D eigenvalue weighted by molar-refractivity contribution is 0.401. The lowest BCUT2D eigenvalue weighted by Crippen LogP contribution is -2.36. The molecule has 0 aromatic rings. The third kappa shape index (κ3) is 2.85. The van der Waals surface area contributed by atoms with E-state index in [1.54, 1.807) is 0 Å². The highest BCUT2D eigenvalue weighted by molar-refractivity contribution is 7.91. The zero-order valence-electron chi connectivity index (χ0n) is 7.36. The Bertz CT molecular complexity index is 242. The van der Waals surface area contributed by atoms with E-state index in [-0.39, 0.29) is 0 Å². The van der Waals surface area contributed by atoms with E-state index in [0.717, 1.165) is 6.42 Å². The van der Waals surface area contributed by atoms with E-state index in [2.05, 4.69) is 17.9 Å². The summed E-state index contributed by atoms with van der Waals surface area (Å²) in [6.45, 7) is 3.37. The summed E-state index contributed by atoms with van der Waals surface area (Å²) in [7, 11) is -2.72. The minimum atomic E-state index is -2.72. The van der Waals surface area contributed by atoms with Crippen molar-refractivity contribution in [2.45, 2.75) is 13.3 Å². The van der Waals surface area contributed by atoms with Gasteiger partial charge in [0, 0.05) is 13.1 Å². The molecule has 0 atom stereocenters. The summed E-state index contributed by atoms with van der Waals surface area (Å²) in [5.74, 6) is 0.613. The molecule has 0 aromatic carbocycles. The van der Waals surface area contributed by atoms with E-state index in [4.69, 9.17) is 0 Å². The Kier molecular flexibility index (Phi) is 3.14. The Morgan fingerprint density at radius 2 is 1.92 bits per heavy atom. The molecule has 0 bridgehead atoms. The molecule has 1 aliphatic rings. The predicted octanol–water partition coefficient (Wildman–Crippen LogP) is 0.641. The fourth-order valence-electron chi connectivity index (χ4n) is 1.13. The maximum Gasteiger partial charge on any atom is 0.153 e. The zero-order valence-corrected chi connectivity index (χ0v) is 8.18. The second kappa shape index (κ2) is 3.94. The van der Waals surface area contributed by atoms with Crippen LogP contribution in [-0.2, 0) is 9.84 Å². The number of allylic oxidation sites excluding steroid dienone is 1. The molecule has 0 aromatic heterocycles. The second-order valence-electron chi connectivity index (χ2n) is 2.98. The highest BCUT2D eigenvalue weighted by atomic mass is 32.2. The first-order valence-corrected chi connectivity index (χ1v) is 6.07. The second-order valence-corrected chi connectivity index (χ2v) is 5.28. The normalized spacial score (nSPS) is 23.2. The smallest absolute Gasteiger partial charge is 0.153 e. The minimum Gasteiger partial charge on any atom is -0.376 e. The Morgan fingerprint density at radius 3 is 2.42 bits per heavy atom. The standard InChI is InChI=1S/C8H15NO2S/c1-2-3-4-9-5-7-12(10,11)8-6-9/h3-4H,2,5-8H2,1H3. The average molecular weight is 189 g/mol. The van der Waals surface area contributed by atoms with Gasteiger partial charge in [0.1, 0.15) is 0 Å². The number of hydrogen-bond acceptors (Lipinski definition) is 3. The van der Waals surface area contributed by atoms with E-state index in [1.165, 1.54) is 0 Å². The lowest BCUT2D eigenvalue weighted by atomic mass is 10.4. The fraction of sp³-hybridized carbons (Fsp3) is 0.750. The maximum atomic E-state index is 11.0. The van der Waals surface area contributed by atoms with Gasteiger partial charge in [0.2, 0.25) is 0 Å². The summed E-state index contributed by atoms with van der Waals surface area (Å²) in [6.07, 6.45) is 5.05. The molecule has 70 valence electrons. The highest BCUT2D eigenvalue weighted by Crippen LogP contribution is 2.03. The van der Waals surface area contributed by atoms with E-state index in [1.807, 2.05) is 6.20 Å². The van der Waals surface area contributed by atoms with E-state index < -0.39 is 9.84 Å². The molecule has 1 saturated heterocycles. The quantitative estimate of drug-likeness (QED) is 0.639. The highest BCUT2D eigenvalue weighted by Gasteiger charge is 2.18. The van der Waals surface area contributed by atoms with Gasteiger partial charge in [-0.25, -0.2) is 8.42 Å². The minimum absolute atomic E-state index is 0.307. The topological polar surface area (TPSA) is 37.4 Å².